The van der Waals surface area contributed by atoms with Crippen LogP contribution in [-0.2, 0) is 14.6 Å². The Morgan fingerprint density at radius 1 is 1.30 bits per heavy atom. The molecule has 3 heterocycles. The number of anilines is 1. The minimum atomic E-state index is -3.72. The Morgan fingerprint density at radius 2 is 2.07 bits per heavy atom. The minimum absolute atomic E-state index is 0.0758. The van der Waals surface area contributed by atoms with E-state index in [2.05, 4.69) is 15.0 Å². The summed E-state index contributed by atoms with van der Waals surface area (Å²) in [5.41, 5.74) is 0.956. The molecule has 2 N–H and O–H groups in total. The van der Waals surface area contributed by atoms with Crippen molar-refractivity contribution in [3.63, 3.8) is 0 Å². The van der Waals surface area contributed by atoms with Crippen molar-refractivity contribution in [1.29, 1.82) is 0 Å². The van der Waals surface area contributed by atoms with E-state index in [-0.39, 0.29) is 10.8 Å². The van der Waals surface area contributed by atoms with Crippen LogP contribution in [-0.4, -0.2) is 45.5 Å². The summed E-state index contributed by atoms with van der Waals surface area (Å²) >= 11 is 0. The lowest BCUT2D eigenvalue weighted by atomic mass is 9.89. The van der Waals surface area contributed by atoms with E-state index in [1.807, 2.05) is 31.2 Å². The number of fused-ring (bicyclic) bond motifs is 1. The third kappa shape index (κ3) is 3.47. The number of amides is 1. The maximum atomic E-state index is 12.9. The van der Waals surface area contributed by atoms with E-state index < -0.39 is 15.9 Å². The van der Waals surface area contributed by atoms with Crippen LogP contribution in [0.15, 0.2) is 47.5 Å². The fourth-order valence-corrected chi connectivity index (χ4v) is 5.34. The fraction of sp³-hybridized carbons (Fsp3) is 0.368. The van der Waals surface area contributed by atoms with Gasteiger partial charge >= 0.3 is 0 Å². The zero-order valence-electron chi connectivity index (χ0n) is 15.1. The Labute approximate surface area is 159 Å². The first-order chi connectivity index (χ1) is 12.9. The van der Waals surface area contributed by atoms with Gasteiger partial charge in [-0.1, -0.05) is 21.9 Å². The topological polar surface area (TPSA) is 97.4 Å². The van der Waals surface area contributed by atoms with Crippen molar-refractivity contribution in [2.45, 2.75) is 30.2 Å². The van der Waals surface area contributed by atoms with Gasteiger partial charge < -0.3 is 14.8 Å². The van der Waals surface area contributed by atoms with Crippen LogP contribution >= 0.6 is 0 Å². The summed E-state index contributed by atoms with van der Waals surface area (Å²) in [4.78, 5) is 19.0. The SMILES string of the molecule is Cc1ccc(C(=O)N2CCCC3(CNc4ncccc4[S+](=O)([O-])N3)C2)cc1. The third-order valence-corrected chi connectivity index (χ3v) is 6.78. The molecule has 0 bridgehead atoms. The molecule has 1 amide bonds. The van der Waals surface area contributed by atoms with Gasteiger partial charge in [0.1, 0.15) is 0 Å². The molecule has 2 aliphatic rings. The molecule has 0 saturated carbocycles. The zero-order chi connectivity index (χ0) is 19.1. The van der Waals surface area contributed by atoms with Crippen molar-refractivity contribution in [3.05, 3.63) is 53.7 Å². The molecular weight excluding hydrogens is 364 g/mol. The number of sulfonamides is 1. The summed E-state index contributed by atoms with van der Waals surface area (Å²) in [6, 6.07) is 10.6. The second kappa shape index (κ2) is 6.70. The Balaban J connectivity index is 1.60. The number of nitrogens with zero attached hydrogens (tertiary/aromatic N) is 2. The molecular formula is C19H22N4O3S. The first-order valence-corrected chi connectivity index (χ1v) is 10.5. The lowest BCUT2D eigenvalue weighted by Gasteiger charge is -2.42. The number of pyridine rings is 1. The molecule has 1 spiro atoms. The van der Waals surface area contributed by atoms with Crippen LogP contribution in [0.1, 0.15) is 28.8 Å². The molecule has 1 fully saturated rings. The highest BCUT2D eigenvalue weighted by Crippen LogP contribution is 2.32. The average molecular weight is 386 g/mol. The number of benzene rings is 1. The molecule has 2 aliphatic heterocycles. The highest BCUT2D eigenvalue weighted by atomic mass is 32.3. The maximum absolute atomic E-state index is 12.9. The van der Waals surface area contributed by atoms with Crippen molar-refractivity contribution < 1.29 is 13.6 Å². The van der Waals surface area contributed by atoms with Gasteiger partial charge in [0.25, 0.3) is 5.91 Å². The number of carbonyl (C=O) groups excluding carboxylic acids is 1. The summed E-state index contributed by atoms with van der Waals surface area (Å²) in [5, 5.41) is 3.16. The molecule has 8 heteroatoms. The van der Waals surface area contributed by atoms with E-state index in [0.29, 0.717) is 37.4 Å². The quantitative estimate of drug-likeness (QED) is 0.731. The van der Waals surface area contributed by atoms with Crippen LogP contribution in [0.5, 0.6) is 0 Å². The van der Waals surface area contributed by atoms with E-state index in [4.69, 9.17) is 0 Å². The number of rotatable bonds is 1. The standard InChI is InChI=1S/C19H22N4O3S/c1-14-5-7-15(8-6-14)18(24)23-11-3-9-19(13-23)12-21-17-16(4-2-10-20-17)27(25,26)22-19/h2,4-8,10H,3,9,11-13H2,1H3,(H2-,20,21,22,25,26). The van der Waals surface area contributed by atoms with Crippen molar-refractivity contribution in [2.24, 2.45) is 0 Å². The molecule has 0 aliphatic carbocycles. The van der Waals surface area contributed by atoms with Gasteiger partial charge in [0.2, 0.25) is 4.90 Å². The van der Waals surface area contributed by atoms with Crippen LogP contribution in [0.25, 0.3) is 0 Å². The Hall–Kier alpha value is -2.29. The molecule has 2 aromatic rings. The molecule has 2 atom stereocenters. The van der Waals surface area contributed by atoms with Crippen LogP contribution in [0.3, 0.4) is 0 Å². The first-order valence-electron chi connectivity index (χ1n) is 8.97. The summed E-state index contributed by atoms with van der Waals surface area (Å²) in [5.74, 6) is 0.275. The number of carbonyl (C=O) groups is 1. The van der Waals surface area contributed by atoms with Gasteiger partial charge in [-0.15, -0.1) is 4.72 Å². The molecule has 27 heavy (non-hydrogen) atoms. The Kier molecular flexibility index (Phi) is 4.49. The molecule has 4 rings (SSSR count). The second-order valence-electron chi connectivity index (χ2n) is 7.29. The highest BCUT2D eigenvalue weighted by Gasteiger charge is 2.46. The number of aryl methyl sites for hydroxylation is 1. The minimum Gasteiger partial charge on any atom is -0.593 e. The highest BCUT2D eigenvalue weighted by molar-refractivity contribution is 7.96. The van der Waals surface area contributed by atoms with Gasteiger partial charge in [-0.25, -0.2) is 4.98 Å². The normalized spacial score (nSPS) is 27.6. The predicted octanol–water partition coefficient (Wildman–Crippen LogP) is 1.98. The average Bonchev–Trinajstić information content (AvgIpc) is 2.76. The van der Waals surface area contributed by atoms with Crippen molar-refractivity contribution >= 4 is 22.1 Å². The summed E-state index contributed by atoms with van der Waals surface area (Å²) in [7, 11) is -3.72. The number of piperidine rings is 1. The third-order valence-electron chi connectivity index (χ3n) is 5.17. The van der Waals surface area contributed by atoms with Gasteiger partial charge in [0.05, 0.1) is 5.54 Å². The van der Waals surface area contributed by atoms with Gasteiger partial charge in [0.15, 0.2) is 16.2 Å². The van der Waals surface area contributed by atoms with Gasteiger partial charge in [-0.3, -0.25) is 4.79 Å². The lowest BCUT2D eigenvalue weighted by Crippen LogP contribution is -2.63. The number of hydrogen-bond acceptors (Lipinski definition) is 5. The molecule has 2 unspecified atom stereocenters. The number of aromatic nitrogens is 1. The molecule has 7 nitrogen and oxygen atoms in total. The number of likely N-dealkylation sites (tertiary alicyclic amines) is 1. The molecule has 1 saturated heterocycles. The Morgan fingerprint density at radius 3 is 2.85 bits per heavy atom. The van der Waals surface area contributed by atoms with Gasteiger partial charge in [-0.2, -0.15) is 0 Å². The molecule has 142 valence electrons. The second-order valence-corrected chi connectivity index (χ2v) is 8.94. The lowest BCUT2D eigenvalue weighted by molar-refractivity contribution is 0.0636. The van der Waals surface area contributed by atoms with Crippen molar-refractivity contribution in [2.75, 3.05) is 25.0 Å². The van der Waals surface area contributed by atoms with Crippen LogP contribution in [0, 0.1) is 6.92 Å². The van der Waals surface area contributed by atoms with E-state index >= 15 is 0 Å². The van der Waals surface area contributed by atoms with E-state index in [9.17, 15) is 13.6 Å². The summed E-state index contributed by atoms with van der Waals surface area (Å²) in [6.07, 6.45) is 2.95. The summed E-state index contributed by atoms with van der Waals surface area (Å²) < 4.78 is 28.6. The zero-order valence-corrected chi connectivity index (χ0v) is 15.9. The van der Waals surface area contributed by atoms with Gasteiger partial charge in [0, 0.05) is 37.5 Å². The smallest absolute Gasteiger partial charge is 0.253 e. The monoisotopic (exact) mass is 386 g/mol. The van der Waals surface area contributed by atoms with E-state index in [0.717, 1.165) is 12.0 Å². The maximum Gasteiger partial charge on any atom is 0.253 e. The van der Waals surface area contributed by atoms with E-state index in [1.54, 1.807) is 17.2 Å². The van der Waals surface area contributed by atoms with Gasteiger partial charge in [-0.05, 0) is 38.0 Å². The fourth-order valence-electron chi connectivity index (χ4n) is 3.78. The number of hydrogen-bond donors (Lipinski definition) is 2. The molecule has 1 aromatic carbocycles. The van der Waals surface area contributed by atoms with Crippen molar-refractivity contribution in [1.82, 2.24) is 14.6 Å². The molecule has 0 radical (unpaired) electrons. The van der Waals surface area contributed by atoms with E-state index in [1.165, 1.54) is 6.07 Å². The summed E-state index contributed by atoms with van der Waals surface area (Å²) in [6.45, 7) is 3.29. The van der Waals surface area contributed by atoms with Crippen LogP contribution in [0.2, 0.25) is 0 Å². The Bertz CT molecular complexity index is 917. The van der Waals surface area contributed by atoms with Crippen LogP contribution < -0.4 is 10.0 Å². The predicted molar refractivity (Wildman–Crippen MR) is 102 cm³/mol. The van der Waals surface area contributed by atoms with Crippen molar-refractivity contribution in [3.8, 4) is 0 Å². The largest absolute Gasteiger partial charge is 0.593 e. The number of nitrogens with one attached hydrogen (secondary N) is 2. The molecule has 1 aromatic heterocycles. The van der Waals surface area contributed by atoms with Crippen LogP contribution in [0.4, 0.5) is 5.82 Å². The first kappa shape index (κ1) is 18.1.